The molecule has 2 unspecified atom stereocenters. The van der Waals surface area contributed by atoms with Gasteiger partial charge >= 0.3 is 0 Å². The highest BCUT2D eigenvalue weighted by Gasteiger charge is 2.25. The smallest absolute Gasteiger partial charge is 0.159 e. The van der Waals surface area contributed by atoms with E-state index in [1.807, 2.05) is 24.3 Å². The molecule has 3 nitrogen and oxygen atoms in total. The number of nitrogens with zero attached hydrogens (tertiary/aromatic N) is 1. The number of ketones is 1. The number of Topliss-reactive ketones (excluding diaryl/α,β-unsaturated/α-hetero) is 1. The van der Waals surface area contributed by atoms with Crippen LogP contribution in [0.2, 0.25) is 0 Å². The van der Waals surface area contributed by atoms with E-state index < -0.39 is 0 Å². The predicted molar refractivity (Wildman–Crippen MR) is 76.8 cm³/mol. The van der Waals surface area contributed by atoms with Crippen molar-refractivity contribution in [3.8, 4) is 5.75 Å². The monoisotopic (exact) mass is 261 g/mol. The van der Waals surface area contributed by atoms with Gasteiger partial charge in [0.05, 0.1) is 0 Å². The Bertz CT molecular complexity index is 444. The molecule has 1 aliphatic rings. The van der Waals surface area contributed by atoms with E-state index in [1.165, 1.54) is 19.3 Å². The zero-order valence-corrected chi connectivity index (χ0v) is 12.1. The van der Waals surface area contributed by atoms with Gasteiger partial charge in [0, 0.05) is 11.6 Å². The molecule has 0 aromatic heterocycles. The van der Waals surface area contributed by atoms with Crippen LogP contribution in [0.3, 0.4) is 0 Å². The minimum Gasteiger partial charge on any atom is -0.489 e. The highest BCUT2D eigenvalue weighted by molar-refractivity contribution is 5.94. The summed E-state index contributed by atoms with van der Waals surface area (Å²) in [6.45, 7) is 4.84. The fraction of sp³-hybridized carbons (Fsp3) is 0.562. The van der Waals surface area contributed by atoms with Crippen molar-refractivity contribution in [3.63, 3.8) is 0 Å². The van der Waals surface area contributed by atoms with Crippen molar-refractivity contribution in [3.05, 3.63) is 29.8 Å². The third-order valence-corrected chi connectivity index (χ3v) is 3.93. The van der Waals surface area contributed by atoms with E-state index >= 15 is 0 Å². The molecule has 0 N–H and O–H groups in total. The van der Waals surface area contributed by atoms with Gasteiger partial charge in [-0.15, -0.1) is 0 Å². The summed E-state index contributed by atoms with van der Waals surface area (Å²) in [6.07, 6.45) is 3.88. The number of rotatable bonds is 4. The number of carbonyl (C=O) groups is 1. The molecule has 1 aromatic rings. The molecule has 0 bridgehead atoms. The maximum atomic E-state index is 11.4. The Morgan fingerprint density at radius 2 is 2.21 bits per heavy atom. The van der Waals surface area contributed by atoms with Gasteiger partial charge in [0.15, 0.2) is 5.78 Å². The van der Waals surface area contributed by atoms with Crippen molar-refractivity contribution >= 4 is 5.78 Å². The summed E-state index contributed by atoms with van der Waals surface area (Å²) in [5, 5.41) is 0. The van der Waals surface area contributed by atoms with Crippen LogP contribution in [0.5, 0.6) is 5.75 Å². The first-order valence-corrected chi connectivity index (χ1v) is 7.06. The lowest BCUT2D eigenvalue weighted by atomic mass is 9.99. The van der Waals surface area contributed by atoms with Crippen molar-refractivity contribution in [1.82, 2.24) is 4.90 Å². The topological polar surface area (TPSA) is 29.5 Å². The molecule has 0 saturated carbocycles. The average Bonchev–Trinajstić information content (AvgIpc) is 2.39. The number of carbonyl (C=O) groups excluding carboxylic acids is 1. The standard InChI is InChI=1S/C16H23NO2/c1-12(18)14-7-6-8-15(11-14)19-13(2)16-9-4-5-10-17(16)3/h6-8,11,13,16H,4-5,9-10H2,1-3H3. The lowest BCUT2D eigenvalue weighted by molar-refractivity contribution is 0.0685. The number of hydrogen-bond acceptors (Lipinski definition) is 3. The SMILES string of the molecule is CC(=O)c1cccc(OC(C)C2CCCCN2C)c1. The van der Waals surface area contributed by atoms with E-state index in [9.17, 15) is 4.79 Å². The molecule has 3 heteroatoms. The summed E-state index contributed by atoms with van der Waals surface area (Å²) in [4.78, 5) is 13.8. The number of ether oxygens (including phenoxy) is 1. The van der Waals surface area contributed by atoms with Crippen molar-refractivity contribution in [2.24, 2.45) is 0 Å². The van der Waals surface area contributed by atoms with Gasteiger partial charge < -0.3 is 4.74 Å². The Labute approximate surface area is 115 Å². The highest BCUT2D eigenvalue weighted by atomic mass is 16.5. The molecule has 2 rings (SSSR count). The van der Waals surface area contributed by atoms with Crippen molar-refractivity contribution in [2.45, 2.75) is 45.3 Å². The second kappa shape index (κ2) is 6.20. The Hall–Kier alpha value is -1.35. The molecule has 1 fully saturated rings. The summed E-state index contributed by atoms with van der Waals surface area (Å²) >= 11 is 0. The van der Waals surface area contributed by atoms with Gasteiger partial charge in [-0.1, -0.05) is 18.6 Å². The molecule has 1 aliphatic heterocycles. The zero-order valence-electron chi connectivity index (χ0n) is 12.1. The molecule has 0 aliphatic carbocycles. The van der Waals surface area contributed by atoms with Gasteiger partial charge in [0.2, 0.25) is 0 Å². The first-order chi connectivity index (χ1) is 9.08. The van der Waals surface area contributed by atoms with E-state index in [2.05, 4.69) is 18.9 Å². The lowest BCUT2D eigenvalue weighted by Gasteiger charge is -2.36. The third-order valence-electron chi connectivity index (χ3n) is 3.93. The molecule has 104 valence electrons. The molecule has 0 spiro atoms. The molecular formula is C16H23NO2. The van der Waals surface area contributed by atoms with E-state index in [1.54, 1.807) is 6.92 Å². The summed E-state index contributed by atoms with van der Waals surface area (Å²) < 4.78 is 6.02. The van der Waals surface area contributed by atoms with Gasteiger partial charge in [0.25, 0.3) is 0 Å². The number of benzene rings is 1. The van der Waals surface area contributed by atoms with Gasteiger partial charge in [-0.3, -0.25) is 9.69 Å². The second-order valence-electron chi connectivity index (χ2n) is 5.45. The van der Waals surface area contributed by atoms with Gasteiger partial charge in [-0.2, -0.15) is 0 Å². The molecule has 1 heterocycles. The molecule has 19 heavy (non-hydrogen) atoms. The van der Waals surface area contributed by atoms with Gasteiger partial charge in [0.1, 0.15) is 11.9 Å². The van der Waals surface area contributed by atoms with Crippen LogP contribution in [0.15, 0.2) is 24.3 Å². The molecule has 1 aromatic carbocycles. The third kappa shape index (κ3) is 3.57. The lowest BCUT2D eigenvalue weighted by Crippen LogP contribution is -2.45. The first kappa shape index (κ1) is 14.1. The Balaban J connectivity index is 2.03. The van der Waals surface area contributed by atoms with Crippen molar-refractivity contribution in [2.75, 3.05) is 13.6 Å². The van der Waals surface area contributed by atoms with Crippen LogP contribution in [-0.2, 0) is 0 Å². The normalized spacial score (nSPS) is 21.9. The van der Waals surface area contributed by atoms with Gasteiger partial charge in [-0.25, -0.2) is 0 Å². The van der Waals surface area contributed by atoms with Crippen LogP contribution < -0.4 is 4.74 Å². The number of piperidine rings is 1. The summed E-state index contributed by atoms with van der Waals surface area (Å²) in [6, 6.07) is 7.93. The summed E-state index contributed by atoms with van der Waals surface area (Å²) in [5.74, 6) is 0.868. The minimum absolute atomic E-state index is 0.0767. The number of hydrogen-bond donors (Lipinski definition) is 0. The second-order valence-corrected chi connectivity index (χ2v) is 5.45. The van der Waals surface area contributed by atoms with Crippen molar-refractivity contribution in [1.29, 1.82) is 0 Å². The fourth-order valence-electron chi connectivity index (χ4n) is 2.78. The average molecular weight is 261 g/mol. The van der Waals surface area contributed by atoms with Crippen molar-refractivity contribution < 1.29 is 9.53 Å². The van der Waals surface area contributed by atoms with Crippen LogP contribution in [0.4, 0.5) is 0 Å². The van der Waals surface area contributed by atoms with E-state index in [0.29, 0.717) is 11.6 Å². The molecule has 0 radical (unpaired) electrons. The van der Waals surface area contributed by atoms with E-state index in [0.717, 1.165) is 12.3 Å². The number of likely N-dealkylation sites (tertiary alicyclic amines) is 1. The minimum atomic E-state index is 0.0767. The Morgan fingerprint density at radius 1 is 1.42 bits per heavy atom. The van der Waals surface area contributed by atoms with E-state index in [4.69, 9.17) is 4.74 Å². The molecular weight excluding hydrogens is 238 g/mol. The summed E-state index contributed by atoms with van der Waals surface area (Å²) in [7, 11) is 2.16. The maximum Gasteiger partial charge on any atom is 0.159 e. The van der Waals surface area contributed by atoms with Crippen LogP contribution in [0, 0.1) is 0 Å². The molecule has 0 amide bonds. The largest absolute Gasteiger partial charge is 0.489 e. The van der Waals surface area contributed by atoms with Crippen LogP contribution >= 0.6 is 0 Å². The number of likely N-dealkylation sites (N-methyl/N-ethyl adjacent to an activating group) is 1. The van der Waals surface area contributed by atoms with Crippen LogP contribution in [0.1, 0.15) is 43.5 Å². The first-order valence-electron chi connectivity index (χ1n) is 7.06. The predicted octanol–water partition coefficient (Wildman–Crippen LogP) is 3.14. The fourth-order valence-corrected chi connectivity index (χ4v) is 2.78. The Morgan fingerprint density at radius 3 is 2.89 bits per heavy atom. The van der Waals surface area contributed by atoms with Crippen LogP contribution in [-0.4, -0.2) is 36.4 Å². The zero-order chi connectivity index (χ0) is 13.8. The maximum absolute atomic E-state index is 11.4. The molecule has 1 saturated heterocycles. The summed E-state index contributed by atoms with van der Waals surface area (Å²) in [5.41, 5.74) is 0.710. The van der Waals surface area contributed by atoms with Crippen LogP contribution in [0.25, 0.3) is 0 Å². The quantitative estimate of drug-likeness (QED) is 0.780. The van der Waals surface area contributed by atoms with Gasteiger partial charge in [-0.05, 0) is 52.4 Å². The van der Waals surface area contributed by atoms with E-state index in [-0.39, 0.29) is 11.9 Å². The Kier molecular flexibility index (Phi) is 4.59. The highest BCUT2D eigenvalue weighted by Crippen LogP contribution is 2.22. The molecule has 2 atom stereocenters.